The number of thiophene rings is 1. The molecule has 1 aromatic rings. The van der Waals surface area contributed by atoms with E-state index in [-0.39, 0.29) is 12.5 Å². The summed E-state index contributed by atoms with van der Waals surface area (Å²) in [6.07, 6.45) is -1.87. The van der Waals surface area contributed by atoms with Crippen LogP contribution in [0, 0.1) is 0 Å². The number of nitrogens with zero attached hydrogens (tertiary/aromatic N) is 2. The van der Waals surface area contributed by atoms with E-state index in [0.29, 0.717) is 13.0 Å². The average molecular weight is 318 g/mol. The minimum atomic E-state index is -4.32. The van der Waals surface area contributed by atoms with Crippen LogP contribution in [0.1, 0.15) is 23.3 Å². The van der Waals surface area contributed by atoms with Gasteiger partial charge in [0.2, 0.25) is 5.91 Å². The first-order chi connectivity index (χ1) is 9.94. The molecule has 2 aliphatic heterocycles. The first kappa shape index (κ1) is 14.8. The van der Waals surface area contributed by atoms with Crippen molar-refractivity contribution in [3.63, 3.8) is 0 Å². The van der Waals surface area contributed by atoms with Crippen molar-refractivity contribution in [2.75, 3.05) is 19.6 Å². The first-order valence-corrected chi connectivity index (χ1v) is 7.97. The van der Waals surface area contributed by atoms with Crippen molar-refractivity contribution in [1.29, 1.82) is 0 Å². The van der Waals surface area contributed by atoms with Gasteiger partial charge in [-0.3, -0.25) is 9.69 Å². The maximum absolute atomic E-state index is 12.5. The summed E-state index contributed by atoms with van der Waals surface area (Å²) in [4.78, 5) is 16.6. The van der Waals surface area contributed by atoms with E-state index in [0.717, 1.165) is 24.3 Å². The number of aryl methyl sites for hydroxylation is 1. The van der Waals surface area contributed by atoms with Gasteiger partial charge in [-0.15, -0.1) is 11.3 Å². The molecule has 1 aromatic heterocycles. The molecule has 0 N–H and O–H groups in total. The van der Waals surface area contributed by atoms with Gasteiger partial charge in [0.05, 0.1) is 6.04 Å². The Morgan fingerprint density at radius 2 is 2.14 bits per heavy atom. The summed E-state index contributed by atoms with van der Waals surface area (Å²) in [6, 6.07) is 1.67. The second-order valence-corrected chi connectivity index (χ2v) is 6.62. The van der Waals surface area contributed by atoms with Crippen molar-refractivity contribution >= 4 is 17.2 Å². The van der Waals surface area contributed by atoms with Crippen molar-refractivity contribution in [2.24, 2.45) is 0 Å². The summed E-state index contributed by atoms with van der Waals surface area (Å²) in [6.45, 7) is 0.530. The summed E-state index contributed by atoms with van der Waals surface area (Å²) in [5.74, 6) is -0.369. The molecule has 1 fully saturated rings. The maximum atomic E-state index is 12.5. The van der Waals surface area contributed by atoms with Crippen LogP contribution in [0.2, 0.25) is 0 Å². The third-order valence-electron chi connectivity index (χ3n) is 4.14. The van der Waals surface area contributed by atoms with Crippen LogP contribution < -0.4 is 0 Å². The molecule has 0 unspecified atom stereocenters. The SMILES string of the molecule is O=C1[C@@H](N2CCCc3sccc3C2)CCN1CC(F)(F)F. The van der Waals surface area contributed by atoms with Crippen molar-refractivity contribution < 1.29 is 18.0 Å². The van der Waals surface area contributed by atoms with Gasteiger partial charge in [-0.25, -0.2) is 0 Å². The van der Waals surface area contributed by atoms with Gasteiger partial charge >= 0.3 is 6.18 Å². The summed E-state index contributed by atoms with van der Waals surface area (Å²) < 4.78 is 37.4. The number of hydrogen-bond acceptors (Lipinski definition) is 3. The predicted octanol–water partition coefficient (Wildman–Crippen LogP) is 2.66. The number of fused-ring (bicyclic) bond motifs is 1. The highest BCUT2D eigenvalue weighted by Gasteiger charge is 2.41. The molecular weight excluding hydrogens is 301 g/mol. The predicted molar refractivity (Wildman–Crippen MR) is 74.1 cm³/mol. The number of carbonyl (C=O) groups excluding carboxylic acids is 1. The lowest BCUT2D eigenvalue weighted by atomic mass is 10.2. The minimum Gasteiger partial charge on any atom is -0.332 e. The lowest BCUT2D eigenvalue weighted by molar-refractivity contribution is -0.159. The zero-order valence-corrected chi connectivity index (χ0v) is 12.3. The van der Waals surface area contributed by atoms with Crippen molar-refractivity contribution in [1.82, 2.24) is 9.80 Å². The second-order valence-electron chi connectivity index (χ2n) is 5.62. The molecule has 1 saturated heterocycles. The highest BCUT2D eigenvalue weighted by atomic mass is 32.1. The molecule has 3 nitrogen and oxygen atoms in total. The van der Waals surface area contributed by atoms with E-state index in [4.69, 9.17) is 0 Å². The molecule has 3 heterocycles. The quantitative estimate of drug-likeness (QED) is 0.837. The van der Waals surface area contributed by atoms with Crippen molar-refractivity contribution in [3.05, 3.63) is 21.9 Å². The van der Waals surface area contributed by atoms with Crippen LogP contribution >= 0.6 is 11.3 Å². The molecule has 3 rings (SSSR count). The van der Waals surface area contributed by atoms with Gasteiger partial charge in [-0.1, -0.05) is 0 Å². The van der Waals surface area contributed by atoms with Gasteiger partial charge in [-0.2, -0.15) is 13.2 Å². The highest BCUT2D eigenvalue weighted by molar-refractivity contribution is 7.10. The largest absolute Gasteiger partial charge is 0.406 e. The smallest absolute Gasteiger partial charge is 0.332 e. The molecule has 7 heteroatoms. The second kappa shape index (κ2) is 5.61. The molecule has 0 aliphatic carbocycles. The van der Waals surface area contributed by atoms with Crippen LogP contribution in [-0.2, 0) is 17.8 Å². The lowest BCUT2D eigenvalue weighted by Crippen LogP contribution is -2.43. The van der Waals surface area contributed by atoms with Gasteiger partial charge in [-0.05, 0) is 42.8 Å². The van der Waals surface area contributed by atoms with Gasteiger partial charge in [0.1, 0.15) is 6.54 Å². The Labute approximate surface area is 125 Å². The third kappa shape index (κ3) is 3.23. The van der Waals surface area contributed by atoms with E-state index >= 15 is 0 Å². The Hall–Kier alpha value is -1.08. The molecule has 1 atom stereocenters. The Kier molecular flexibility index (Phi) is 3.96. The van der Waals surface area contributed by atoms with Crippen LogP contribution in [0.4, 0.5) is 13.2 Å². The maximum Gasteiger partial charge on any atom is 0.406 e. The van der Waals surface area contributed by atoms with Gasteiger partial charge in [0.15, 0.2) is 0 Å². The molecule has 0 aromatic carbocycles. The Morgan fingerprint density at radius 3 is 2.90 bits per heavy atom. The van der Waals surface area contributed by atoms with Crippen LogP contribution in [0.25, 0.3) is 0 Å². The van der Waals surface area contributed by atoms with Gasteiger partial charge < -0.3 is 4.90 Å². The molecule has 0 bridgehead atoms. The lowest BCUT2D eigenvalue weighted by Gasteiger charge is -2.26. The van der Waals surface area contributed by atoms with Crippen LogP contribution in [-0.4, -0.2) is 47.6 Å². The molecule has 1 amide bonds. The fraction of sp³-hybridized carbons (Fsp3) is 0.643. The third-order valence-corrected chi connectivity index (χ3v) is 5.16. The van der Waals surface area contributed by atoms with Crippen LogP contribution in [0.3, 0.4) is 0 Å². The van der Waals surface area contributed by atoms with Crippen molar-refractivity contribution in [3.8, 4) is 0 Å². The number of likely N-dealkylation sites (tertiary alicyclic amines) is 1. The first-order valence-electron chi connectivity index (χ1n) is 7.09. The zero-order chi connectivity index (χ0) is 15.0. The van der Waals surface area contributed by atoms with Gasteiger partial charge in [0.25, 0.3) is 0 Å². The van der Waals surface area contributed by atoms with Crippen molar-refractivity contribution in [2.45, 2.75) is 38.0 Å². The summed E-state index contributed by atoms with van der Waals surface area (Å²) in [7, 11) is 0. The fourth-order valence-corrected chi connectivity index (χ4v) is 4.11. The number of amides is 1. The van der Waals surface area contributed by atoms with Gasteiger partial charge in [0, 0.05) is 18.0 Å². The number of halogens is 3. The Balaban J connectivity index is 1.69. The number of alkyl halides is 3. The minimum absolute atomic E-state index is 0.204. The summed E-state index contributed by atoms with van der Waals surface area (Å²) >= 11 is 1.72. The molecule has 2 aliphatic rings. The molecular formula is C14H17F3N2OS. The van der Waals surface area contributed by atoms with Crippen LogP contribution in [0.15, 0.2) is 11.4 Å². The number of hydrogen-bond donors (Lipinski definition) is 0. The van der Waals surface area contributed by atoms with Crippen LogP contribution in [0.5, 0.6) is 0 Å². The highest BCUT2D eigenvalue weighted by Crippen LogP contribution is 2.29. The molecule has 0 saturated carbocycles. The standard InChI is InChI=1S/C14H17F3N2OS/c15-14(16,17)9-19-6-3-11(13(19)20)18-5-1-2-12-10(8-18)4-7-21-12/h4,7,11H,1-3,5-6,8-9H2/t11-/m0/s1. The van der Waals surface area contributed by atoms with E-state index in [1.807, 2.05) is 5.38 Å². The van der Waals surface area contributed by atoms with E-state index < -0.39 is 18.8 Å². The topological polar surface area (TPSA) is 23.6 Å². The fourth-order valence-electron chi connectivity index (χ4n) is 3.17. The van der Waals surface area contributed by atoms with E-state index in [1.54, 1.807) is 11.3 Å². The van der Waals surface area contributed by atoms with E-state index in [9.17, 15) is 18.0 Å². The summed E-state index contributed by atoms with van der Waals surface area (Å²) in [5.41, 5.74) is 1.22. The molecule has 21 heavy (non-hydrogen) atoms. The molecule has 0 radical (unpaired) electrons. The van der Waals surface area contributed by atoms with E-state index in [2.05, 4.69) is 11.0 Å². The zero-order valence-electron chi connectivity index (χ0n) is 11.5. The normalized spacial score (nSPS) is 24.2. The number of rotatable bonds is 2. The average Bonchev–Trinajstić information content (AvgIpc) is 2.91. The number of carbonyl (C=O) groups is 1. The molecule has 0 spiro atoms. The Morgan fingerprint density at radius 1 is 1.33 bits per heavy atom. The van der Waals surface area contributed by atoms with E-state index in [1.165, 1.54) is 10.4 Å². The molecule has 116 valence electrons. The summed E-state index contributed by atoms with van der Waals surface area (Å²) in [5, 5.41) is 2.04. The Bertz CT molecular complexity index is 529. The monoisotopic (exact) mass is 318 g/mol.